The largest absolute Gasteiger partial charge is 0.490 e. The molecule has 0 aliphatic carbocycles. The van der Waals surface area contributed by atoms with Crippen LogP contribution in [-0.4, -0.2) is 6.61 Å². The van der Waals surface area contributed by atoms with Gasteiger partial charge in [-0.3, -0.25) is 0 Å². The zero-order chi connectivity index (χ0) is 15.5. The predicted octanol–water partition coefficient (Wildman–Crippen LogP) is 4.58. The van der Waals surface area contributed by atoms with Crippen molar-refractivity contribution in [3.05, 3.63) is 53.7 Å². The van der Waals surface area contributed by atoms with Crippen LogP contribution in [0.4, 0.5) is 0 Å². The van der Waals surface area contributed by atoms with Crippen molar-refractivity contribution < 1.29 is 13.6 Å². The lowest BCUT2D eigenvalue weighted by molar-refractivity contribution is 0.335. The molecule has 22 heavy (non-hydrogen) atoms. The van der Waals surface area contributed by atoms with E-state index >= 15 is 0 Å². The first-order chi connectivity index (χ1) is 10.7. The quantitative estimate of drug-likeness (QED) is 0.723. The molecule has 1 atom stereocenters. The molecule has 0 unspecified atom stereocenters. The number of hydrogen-bond acceptors (Lipinski definition) is 4. The number of fused-ring (bicyclic) bond motifs is 1. The van der Waals surface area contributed by atoms with Crippen LogP contribution in [0.15, 0.2) is 45.2 Å². The zero-order valence-corrected chi connectivity index (χ0v) is 13.2. The normalized spacial score (nSPS) is 12.7. The van der Waals surface area contributed by atoms with Crippen molar-refractivity contribution in [3.63, 3.8) is 0 Å². The minimum atomic E-state index is 0.0901. The highest BCUT2D eigenvalue weighted by Crippen LogP contribution is 2.31. The molecular weight excluding hydrogens is 278 g/mol. The van der Waals surface area contributed by atoms with Crippen LogP contribution < -0.4 is 10.1 Å². The number of hydrogen-bond donors (Lipinski definition) is 1. The van der Waals surface area contributed by atoms with Crippen molar-refractivity contribution >= 4 is 11.0 Å². The van der Waals surface area contributed by atoms with Gasteiger partial charge in [0.25, 0.3) is 0 Å². The number of aryl methyl sites for hydroxylation is 1. The van der Waals surface area contributed by atoms with Gasteiger partial charge < -0.3 is 18.9 Å². The number of benzene rings is 1. The monoisotopic (exact) mass is 299 g/mol. The third kappa shape index (κ3) is 3.02. The molecule has 0 saturated carbocycles. The molecule has 2 heterocycles. The second kappa shape index (κ2) is 6.28. The Bertz CT molecular complexity index is 757. The summed E-state index contributed by atoms with van der Waals surface area (Å²) >= 11 is 0. The van der Waals surface area contributed by atoms with Crippen LogP contribution in [0.3, 0.4) is 0 Å². The van der Waals surface area contributed by atoms with E-state index in [4.69, 9.17) is 13.6 Å². The van der Waals surface area contributed by atoms with Crippen LogP contribution >= 0.6 is 0 Å². The highest BCUT2D eigenvalue weighted by atomic mass is 16.5. The van der Waals surface area contributed by atoms with E-state index < -0.39 is 0 Å². The molecule has 0 spiro atoms. The van der Waals surface area contributed by atoms with Crippen molar-refractivity contribution in [2.24, 2.45) is 0 Å². The fraction of sp³-hybridized carbons (Fsp3) is 0.333. The van der Waals surface area contributed by atoms with Crippen LogP contribution in [0.2, 0.25) is 0 Å². The van der Waals surface area contributed by atoms with Gasteiger partial charge in [-0.05, 0) is 45.0 Å². The third-order valence-electron chi connectivity index (χ3n) is 3.63. The first-order valence-corrected chi connectivity index (χ1v) is 7.61. The molecule has 0 saturated heterocycles. The van der Waals surface area contributed by atoms with Gasteiger partial charge in [0.15, 0.2) is 11.3 Å². The molecule has 1 N–H and O–H groups in total. The van der Waals surface area contributed by atoms with E-state index in [2.05, 4.69) is 18.3 Å². The van der Waals surface area contributed by atoms with E-state index in [1.165, 1.54) is 0 Å². The predicted molar refractivity (Wildman–Crippen MR) is 86.1 cm³/mol. The number of ether oxygens (including phenoxy) is 1. The molecule has 0 aliphatic rings. The third-order valence-corrected chi connectivity index (χ3v) is 3.63. The van der Waals surface area contributed by atoms with Gasteiger partial charge >= 0.3 is 0 Å². The van der Waals surface area contributed by atoms with Crippen molar-refractivity contribution in [1.82, 2.24) is 5.32 Å². The van der Waals surface area contributed by atoms with E-state index in [9.17, 15) is 0 Å². The highest BCUT2D eigenvalue weighted by molar-refractivity contribution is 5.83. The Kier molecular flexibility index (Phi) is 4.20. The van der Waals surface area contributed by atoms with Gasteiger partial charge in [0.05, 0.1) is 19.2 Å². The van der Waals surface area contributed by atoms with Crippen molar-refractivity contribution in [1.29, 1.82) is 0 Å². The number of nitrogens with one attached hydrogen (secondary N) is 1. The van der Waals surface area contributed by atoms with Gasteiger partial charge in [-0.1, -0.05) is 12.1 Å². The van der Waals surface area contributed by atoms with Crippen LogP contribution in [0.5, 0.6) is 5.75 Å². The van der Waals surface area contributed by atoms with Crippen molar-refractivity contribution in [2.45, 2.75) is 33.4 Å². The van der Waals surface area contributed by atoms with Crippen molar-refractivity contribution in [3.8, 4) is 5.75 Å². The van der Waals surface area contributed by atoms with Crippen molar-refractivity contribution in [2.75, 3.05) is 6.61 Å². The molecular formula is C18H21NO3. The van der Waals surface area contributed by atoms with E-state index in [0.29, 0.717) is 13.2 Å². The first kappa shape index (κ1) is 14.7. The fourth-order valence-corrected chi connectivity index (χ4v) is 2.47. The summed E-state index contributed by atoms with van der Waals surface area (Å²) in [7, 11) is 0. The van der Waals surface area contributed by atoms with Crippen LogP contribution in [0.25, 0.3) is 11.0 Å². The minimum Gasteiger partial charge on any atom is -0.490 e. The maximum absolute atomic E-state index is 5.99. The average molecular weight is 299 g/mol. The summed E-state index contributed by atoms with van der Waals surface area (Å²) in [6.07, 6.45) is 0. The van der Waals surface area contributed by atoms with E-state index in [1.807, 2.05) is 44.2 Å². The second-order valence-electron chi connectivity index (χ2n) is 5.37. The molecule has 0 radical (unpaired) electrons. The van der Waals surface area contributed by atoms with Crippen LogP contribution in [0, 0.1) is 6.92 Å². The number of furan rings is 2. The molecule has 116 valence electrons. The van der Waals surface area contributed by atoms with Crippen LogP contribution in [0.1, 0.15) is 37.2 Å². The fourth-order valence-electron chi connectivity index (χ4n) is 2.47. The summed E-state index contributed by atoms with van der Waals surface area (Å²) < 4.78 is 17.2. The Balaban J connectivity index is 1.76. The SMILES string of the molecule is CCOc1cccc2cc([C@@H](C)NCc3ccc(C)o3)oc12. The maximum atomic E-state index is 5.99. The summed E-state index contributed by atoms with van der Waals surface area (Å²) in [6, 6.07) is 12.1. The van der Waals surface area contributed by atoms with Gasteiger partial charge in [0, 0.05) is 5.39 Å². The van der Waals surface area contributed by atoms with Gasteiger partial charge in [-0.15, -0.1) is 0 Å². The van der Waals surface area contributed by atoms with Crippen LogP contribution in [-0.2, 0) is 6.54 Å². The summed E-state index contributed by atoms with van der Waals surface area (Å²) in [5, 5.41) is 4.47. The number of para-hydroxylation sites is 1. The molecule has 1 aromatic carbocycles. The molecule has 3 rings (SSSR count). The lowest BCUT2D eigenvalue weighted by atomic mass is 10.2. The van der Waals surface area contributed by atoms with E-state index in [0.717, 1.165) is 34.0 Å². The molecule has 2 aromatic heterocycles. The topological polar surface area (TPSA) is 47.5 Å². The highest BCUT2D eigenvalue weighted by Gasteiger charge is 2.14. The molecule has 0 amide bonds. The summed E-state index contributed by atoms with van der Waals surface area (Å²) in [5.74, 6) is 3.54. The summed E-state index contributed by atoms with van der Waals surface area (Å²) in [5.41, 5.74) is 0.807. The average Bonchev–Trinajstić information content (AvgIpc) is 3.12. The van der Waals surface area contributed by atoms with Gasteiger partial charge in [0.2, 0.25) is 0 Å². The Labute approximate surface area is 130 Å². The molecule has 4 nitrogen and oxygen atoms in total. The number of rotatable bonds is 6. The first-order valence-electron chi connectivity index (χ1n) is 7.61. The lowest BCUT2D eigenvalue weighted by Gasteiger charge is -2.09. The Morgan fingerprint density at radius 3 is 2.77 bits per heavy atom. The summed E-state index contributed by atoms with van der Waals surface area (Å²) in [6.45, 7) is 7.29. The Morgan fingerprint density at radius 1 is 1.18 bits per heavy atom. The van der Waals surface area contributed by atoms with E-state index in [-0.39, 0.29) is 6.04 Å². The standard InChI is InChI=1S/C18H21NO3/c1-4-20-16-7-5-6-14-10-17(22-18(14)16)13(3)19-11-15-9-8-12(2)21-15/h5-10,13,19H,4,11H2,1-3H3/t13-/m1/s1. The molecule has 0 fully saturated rings. The second-order valence-corrected chi connectivity index (χ2v) is 5.37. The molecule has 0 aliphatic heterocycles. The van der Waals surface area contributed by atoms with Gasteiger partial charge in [0.1, 0.15) is 17.3 Å². The molecule has 3 aromatic rings. The van der Waals surface area contributed by atoms with E-state index in [1.54, 1.807) is 0 Å². The smallest absolute Gasteiger partial charge is 0.176 e. The molecule has 0 bridgehead atoms. The Hall–Kier alpha value is -2.20. The maximum Gasteiger partial charge on any atom is 0.176 e. The Morgan fingerprint density at radius 2 is 2.05 bits per heavy atom. The summed E-state index contributed by atoms with van der Waals surface area (Å²) in [4.78, 5) is 0. The van der Waals surface area contributed by atoms with Gasteiger partial charge in [-0.25, -0.2) is 0 Å². The molecule has 4 heteroatoms. The minimum absolute atomic E-state index is 0.0901. The zero-order valence-electron chi connectivity index (χ0n) is 13.2. The van der Waals surface area contributed by atoms with Gasteiger partial charge in [-0.2, -0.15) is 0 Å². The lowest BCUT2D eigenvalue weighted by Crippen LogP contribution is -2.17.